The van der Waals surface area contributed by atoms with Gasteiger partial charge in [-0.15, -0.1) is 0 Å². The molecule has 0 spiro atoms. The van der Waals surface area contributed by atoms with Crippen LogP contribution in [0, 0.1) is 17.2 Å². The number of rotatable bonds is 10. The van der Waals surface area contributed by atoms with Crippen LogP contribution < -0.4 is 44.9 Å². The summed E-state index contributed by atoms with van der Waals surface area (Å²) in [6.45, 7) is 8.54. The molecule has 47 heavy (non-hydrogen) atoms. The number of nitriles is 1. The first-order valence-corrected chi connectivity index (χ1v) is 15.9. The summed E-state index contributed by atoms with van der Waals surface area (Å²) in [6.07, 6.45) is 0.202. The molecule has 1 aromatic carbocycles. The molecule has 16 heteroatoms. The predicted octanol–water partition coefficient (Wildman–Crippen LogP) is 0.629. The number of benzene rings is 1. The smallest absolute Gasteiger partial charge is 0.550 e. The van der Waals surface area contributed by atoms with Gasteiger partial charge in [-0.1, -0.05) is 25.2 Å². The second-order valence-electron chi connectivity index (χ2n) is 11.8. The molecule has 11 nitrogen and oxygen atoms in total. The fourth-order valence-electron chi connectivity index (χ4n) is 5.93. The number of hydrogen-bond acceptors (Lipinski definition) is 11. The average molecular weight is 679 g/mol. The minimum absolute atomic E-state index is 0. The number of hydrogen-bond donors (Lipinski definition) is 1. The van der Waals surface area contributed by atoms with Crippen LogP contribution in [0.1, 0.15) is 59.6 Å². The van der Waals surface area contributed by atoms with Crippen LogP contribution in [0.3, 0.4) is 0 Å². The summed E-state index contributed by atoms with van der Waals surface area (Å²) in [5.74, 6) is -0.682. The number of carboxylic acids is 1. The predicted molar refractivity (Wildman–Crippen MR) is 164 cm³/mol. The first kappa shape index (κ1) is 36.7. The summed E-state index contributed by atoms with van der Waals surface area (Å²) in [4.78, 5) is 44.2. The van der Waals surface area contributed by atoms with Crippen LogP contribution in [0.15, 0.2) is 30.6 Å². The number of aliphatic carboxylic acids is 1. The van der Waals surface area contributed by atoms with E-state index in [0.29, 0.717) is 61.9 Å². The molecule has 1 amide bonds. The third kappa shape index (κ3) is 9.27. The number of anilines is 2. The molecule has 0 saturated carbocycles. The van der Waals surface area contributed by atoms with E-state index in [1.165, 1.54) is 29.8 Å². The van der Waals surface area contributed by atoms with Crippen molar-refractivity contribution >= 4 is 34.2 Å². The fourth-order valence-corrected chi connectivity index (χ4v) is 6.94. The molecule has 5 rings (SSSR count). The second-order valence-corrected chi connectivity index (χ2v) is 12.9. The Labute approximate surface area is 297 Å². The van der Waals surface area contributed by atoms with E-state index in [4.69, 9.17) is 0 Å². The summed E-state index contributed by atoms with van der Waals surface area (Å²) in [6, 6.07) is 5.31. The molecule has 0 unspecified atom stereocenters. The normalized spacial score (nSPS) is 17.4. The Morgan fingerprint density at radius 1 is 1.13 bits per heavy atom. The number of alkyl halides is 3. The molecule has 2 aliphatic rings. The summed E-state index contributed by atoms with van der Waals surface area (Å²) in [5, 5.41) is 23.1. The minimum Gasteiger partial charge on any atom is -0.550 e. The Kier molecular flexibility index (Phi) is 12.4. The topological polar surface area (TPSA) is 141 Å². The average Bonchev–Trinajstić information content (AvgIpc) is 3.67. The molecule has 2 aromatic heterocycles. The molecule has 3 aromatic rings. The summed E-state index contributed by atoms with van der Waals surface area (Å²) < 4.78 is 41.2. The van der Waals surface area contributed by atoms with Crippen LogP contribution in [-0.2, 0) is 17.5 Å². The number of nitrogens with zero attached hydrogens (tertiary/aromatic N) is 7. The van der Waals surface area contributed by atoms with Gasteiger partial charge in [-0.2, -0.15) is 18.4 Å². The second kappa shape index (κ2) is 15.8. The van der Waals surface area contributed by atoms with Crippen molar-refractivity contribution in [1.82, 2.24) is 24.8 Å². The molecule has 2 aliphatic heterocycles. The molecule has 1 atom stereocenters. The number of piperazine rings is 1. The maximum atomic E-state index is 13.7. The van der Waals surface area contributed by atoms with E-state index in [2.05, 4.69) is 39.0 Å². The van der Waals surface area contributed by atoms with E-state index in [-0.39, 0.29) is 63.6 Å². The van der Waals surface area contributed by atoms with Gasteiger partial charge in [0.15, 0.2) is 5.13 Å². The van der Waals surface area contributed by atoms with Gasteiger partial charge in [-0.25, -0.2) is 15.0 Å². The van der Waals surface area contributed by atoms with Crippen molar-refractivity contribution in [3.05, 3.63) is 52.3 Å². The largest absolute Gasteiger partial charge is 1.00 e. The molecular formula is C31H34F3N8NaO3S. The zero-order valence-electron chi connectivity index (χ0n) is 26.5. The number of aromatic nitrogens is 3. The number of carboxylic acid groups (broad SMARTS) is 1. The number of halogens is 3. The van der Waals surface area contributed by atoms with E-state index in [1.54, 1.807) is 0 Å². The van der Waals surface area contributed by atoms with Crippen LogP contribution in [0.25, 0.3) is 11.3 Å². The zero-order chi connectivity index (χ0) is 33.0. The molecule has 0 bridgehead atoms. The van der Waals surface area contributed by atoms with Crippen molar-refractivity contribution < 1.29 is 57.4 Å². The van der Waals surface area contributed by atoms with Crippen molar-refractivity contribution in [1.29, 1.82) is 5.26 Å². The third-order valence-electron chi connectivity index (χ3n) is 8.31. The molecule has 244 valence electrons. The van der Waals surface area contributed by atoms with E-state index in [0.717, 1.165) is 31.5 Å². The van der Waals surface area contributed by atoms with Crippen molar-refractivity contribution in [2.75, 3.05) is 49.5 Å². The van der Waals surface area contributed by atoms with Gasteiger partial charge in [0, 0.05) is 61.7 Å². The minimum atomic E-state index is -4.65. The van der Waals surface area contributed by atoms with E-state index < -0.39 is 23.6 Å². The number of carbonyl (C=O) groups excluding carboxylic acids is 2. The van der Waals surface area contributed by atoms with E-state index in [9.17, 15) is 33.1 Å². The summed E-state index contributed by atoms with van der Waals surface area (Å²) >= 11 is 1.19. The maximum absolute atomic E-state index is 13.7. The van der Waals surface area contributed by atoms with Crippen LogP contribution in [0.5, 0.6) is 0 Å². The summed E-state index contributed by atoms with van der Waals surface area (Å²) in [5.41, 5.74) is -0.591. The number of carbonyl (C=O) groups is 2. The van der Waals surface area contributed by atoms with Gasteiger partial charge in [0.1, 0.15) is 11.5 Å². The van der Waals surface area contributed by atoms with Gasteiger partial charge in [-0.3, -0.25) is 19.9 Å². The maximum Gasteiger partial charge on any atom is 1.00 e. The van der Waals surface area contributed by atoms with Gasteiger partial charge >= 0.3 is 35.7 Å². The number of nitrogens with one attached hydrogen (secondary N) is 1. The van der Waals surface area contributed by atoms with E-state index in [1.807, 2.05) is 15.9 Å². The standard InChI is InChI=1S/C31H35F3N8O3S.Na/c1-19(2)24-4-3-6-42(24)18-25-28(21-12-20(15-35)13-22(14-21)31(32,33)34)38-30(46-25)39-29(45)23-16-37-26(17-36-23)41-10-8-40(9-11-41)7-5-27(43)44;/h12-14,16-17,19,24H,3-11,18H2,1-2H3,(H,43,44)(H,38,39,45);/q;+1/p-1/t24-;/m0./s1. The first-order valence-electron chi connectivity index (χ1n) is 15.1. The van der Waals surface area contributed by atoms with Crippen LogP contribution in [0.4, 0.5) is 24.1 Å². The SMILES string of the molecule is CC(C)[C@@H]1CCCN1Cc1sc(NC(=O)c2cnc(N3CCN(CCC(=O)[O-])CC3)cn2)nc1-c1cc(C#N)cc(C(F)(F)F)c1.[Na+]. The Morgan fingerprint density at radius 2 is 1.87 bits per heavy atom. The number of likely N-dealkylation sites (tertiary alicyclic amines) is 1. The summed E-state index contributed by atoms with van der Waals surface area (Å²) in [7, 11) is 0. The molecular weight excluding hydrogens is 644 g/mol. The van der Waals surface area contributed by atoms with Crippen LogP contribution in [-0.4, -0.2) is 81.9 Å². The zero-order valence-corrected chi connectivity index (χ0v) is 29.3. The third-order valence-corrected chi connectivity index (χ3v) is 9.27. The Morgan fingerprint density at radius 3 is 2.49 bits per heavy atom. The van der Waals surface area contributed by atoms with Crippen LogP contribution >= 0.6 is 11.3 Å². The molecule has 2 saturated heterocycles. The van der Waals surface area contributed by atoms with Gasteiger partial charge in [0.05, 0.1) is 35.3 Å². The van der Waals surface area contributed by atoms with Gasteiger partial charge in [-0.05, 0) is 49.9 Å². The molecule has 0 radical (unpaired) electrons. The van der Waals surface area contributed by atoms with E-state index >= 15 is 0 Å². The van der Waals surface area contributed by atoms with Crippen molar-refractivity contribution in [3.63, 3.8) is 0 Å². The van der Waals surface area contributed by atoms with Crippen molar-refractivity contribution in [2.24, 2.45) is 5.92 Å². The van der Waals surface area contributed by atoms with Crippen LogP contribution in [0.2, 0.25) is 0 Å². The number of amides is 1. The Balaban J connectivity index is 0.00000500. The quantitative estimate of drug-likeness (QED) is 0.304. The molecule has 1 N–H and O–H groups in total. The monoisotopic (exact) mass is 678 g/mol. The first-order chi connectivity index (χ1) is 21.9. The van der Waals surface area contributed by atoms with Gasteiger partial charge < -0.3 is 14.8 Å². The van der Waals surface area contributed by atoms with Gasteiger partial charge in [0.25, 0.3) is 5.91 Å². The van der Waals surface area contributed by atoms with Gasteiger partial charge in [0.2, 0.25) is 0 Å². The fraction of sp³-hybridized carbons (Fsp3) is 0.484. The van der Waals surface area contributed by atoms with Crippen molar-refractivity contribution in [2.45, 2.75) is 51.9 Å². The molecule has 2 fully saturated rings. The number of thiazole rings is 1. The Bertz CT molecular complexity index is 1600. The molecule has 0 aliphatic carbocycles. The van der Waals surface area contributed by atoms with Crippen molar-refractivity contribution in [3.8, 4) is 17.3 Å². The molecule has 4 heterocycles. The Hall–Kier alpha value is -3.13.